The number of aromatic nitrogens is 1. The molecule has 1 heterocycles. The zero-order chi connectivity index (χ0) is 18.4. The lowest BCUT2D eigenvalue weighted by Crippen LogP contribution is -2.26. The fourth-order valence-electron chi connectivity index (χ4n) is 5.32. The van der Waals surface area contributed by atoms with Gasteiger partial charge in [0.15, 0.2) is 0 Å². The molecule has 5 rings (SSSR count). The monoisotopic (exact) mass is 362 g/mol. The molecule has 4 heteroatoms. The number of rotatable bonds is 6. The minimum Gasteiger partial charge on any atom is -0.508 e. The smallest absolute Gasteiger partial charge is 0.213 e. The van der Waals surface area contributed by atoms with Crippen molar-refractivity contribution in [2.45, 2.75) is 25.8 Å². The molecule has 2 bridgehead atoms. The Bertz CT molecular complexity index is 888. The number of hydrogen-bond donors (Lipinski definition) is 2. The molecule has 2 saturated carbocycles. The summed E-state index contributed by atoms with van der Waals surface area (Å²) in [7, 11) is 1.62. The lowest BCUT2D eigenvalue weighted by atomic mass is 9.89. The third kappa shape index (κ3) is 2.83. The molecular formula is C23H26N2O2. The second-order valence-electron chi connectivity index (χ2n) is 8.29. The lowest BCUT2D eigenvalue weighted by molar-refractivity contribution is 0.349. The van der Waals surface area contributed by atoms with Crippen molar-refractivity contribution < 1.29 is 9.84 Å². The molecule has 0 radical (unpaired) electrons. The Morgan fingerprint density at radius 3 is 2.89 bits per heavy atom. The first-order valence-corrected chi connectivity index (χ1v) is 9.92. The maximum atomic E-state index is 10.3. The number of nitrogens with zero attached hydrogens (tertiary/aromatic N) is 1. The second kappa shape index (κ2) is 6.38. The van der Waals surface area contributed by atoms with Gasteiger partial charge in [-0.2, -0.15) is 0 Å². The molecule has 1 aromatic heterocycles. The number of nitrogens with one attached hydrogen (secondary N) is 1. The average Bonchev–Trinajstić information content (AvgIpc) is 3.37. The number of methoxy groups -OCH3 is 1. The Balaban J connectivity index is 1.26. The Labute approximate surface area is 160 Å². The number of pyridine rings is 1. The van der Waals surface area contributed by atoms with Crippen LogP contribution >= 0.6 is 0 Å². The summed E-state index contributed by atoms with van der Waals surface area (Å²) >= 11 is 0. The van der Waals surface area contributed by atoms with E-state index in [1.54, 1.807) is 13.2 Å². The molecule has 27 heavy (non-hydrogen) atoms. The molecule has 0 saturated heterocycles. The Hall–Kier alpha value is -2.33. The summed E-state index contributed by atoms with van der Waals surface area (Å²) in [6.45, 7) is 1.70. The van der Waals surface area contributed by atoms with E-state index in [4.69, 9.17) is 4.74 Å². The fraction of sp³-hybridized carbons (Fsp3) is 0.435. The van der Waals surface area contributed by atoms with Gasteiger partial charge >= 0.3 is 0 Å². The van der Waals surface area contributed by atoms with Gasteiger partial charge in [-0.1, -0.05) is 18.2 Å². The maximum absolute atomic E-state index is 10.3. The van der Waals surface area contributed by atoms with E-state index in [0.717, 1.165) is 41.1 Å². The standard InChI is InChI=1S/C23H26N2O2/c1-27-22-4-2-3-20(25-22)15-5-8-21(26)17(11-15)14-24-13-16-12-18-6-7-19(16)23(18)9-10-23/h2-8,11,16,18-19,24,26H,9-10,12-14H2,1H3. The van der Waals surface area contributed by atoms with Crippen LogP contribution in [-0.4, -0.2) is 23.7 Å². The van der Waals surface area contributed by atoms with Gasteiger partial charge in [0, 0.05) is 23.7 Å². The van der Waals surface area contributed by atoms with Crippen LogP contribution in [0, 0.1) is 23.2 Å². The fourth-order valence-corrected chi connectivity index (χ4v) is 5.32. The second-order valence-corrected chi connectivity index (χ2v) is 8.29. The van der Waals surface area contributed by atoms with Gasteiger partial charge in [0.1, 0.15) is 5.75 Å². The molecule has 3 aliphatic carbocycles. The quantitative estimate of drug-likeness (QED) is 0.758. The topological polar surface area (TPSA) is 54.4 Å². The van der Waals surface area contributed by atoms with Crippen molar-refractivity contribution in [1.82, 2.24) is 10.3 Å². The molecule has 0 aliphatic heterocycles. The minimum atomic E-state index is 0.334. The van der Waals surface area contributed by atoms with Crippen molar-refractivity contribution in [3.63, 3.8) is 0 Å². The number of allylic oxidation sites excluding steroid dienone is 2. The van der Waals surface area contributed by atoms with Crippen LogP contribution in [0.4, 0.5) is 0 Å². The largest absolute Gasteiger partial charge is 0.508 e. The zero-order valence-electron chi connectivity index (χ0n) is 15.7. The van der Waals surface area contributed by atoms with E-state index in [0.29, 0.717) is 23.6 Å². The number of hydrogen-bond acceptors (Lipinski definition) is 4. The van der Waals surface area contributed by atoms with Crippen molar-refractivity contribution in [2.75, 3.05) is 13.7 Å². The summed E-state index contributed by atoms with van der Waals surface area (Å²) in [5, 5.41) is 13.9. The van der Waals surface area contributed by atoms with Gasteiger partial charge in [-0.05, 0) is 73.2 Å². The molecule has 2 fully saturated rings. The van der Waals surface area contributed by atoms with Gasteiger partial charge in [-0.15, -0.1) is 0 Å². The molecule has 1 aromatic carbocycles. The van der Waals surface area contributed by atoms with Crippen molar-refractivity contribution in [1.29, 1.82) is 0 Å². The SMILES string of the molecule is COc1cccc(-c2ccc(O)c(CNCC3CC4C=CC3C43CC3)c2)n1. The molecule has 2 N–H and O–H groups in total. The van der Waals surface area contributed by atoms with Crippen LogP contribution in [0.5, 0.6) is 11.6 Å². The molecule has 0 amide bonds. The van der Waals surface area contributed by atoms with Gasteiger partial charge in [-0.3, -0.25) is 0 Å². The van der Waals surface area contributed by atoms with E-state index in [-0.39, 0.29) is 0 Å². The summed E-state index contributed by atoms with van der Waals surface area (Å²) in [5.41, 5.74) is 3.40. The van der Waals surface area contributed by atoms with Crippen LogP contribution in [0.15, 0.2) is 48.6 Å². The third-order valence-corrected chi connectivity index (χ3v) is 6.87. The molecule has 3 aliphatic rings. The first-order valence-electron chi connectivity index (χ1n) is 9.92. The number of benzene rings is 1. The molecule has 3 atom stereocenters. The van der Waals surface area contributed by atoms with Gasteiger partial charge in [0.25, 0.3) is 0 Å². The van der Waals surface area contributed by atoms with Crippen LogP contribution in [0.3, 0.4) is 0 Å². The van der Waals surface area contributed by atoms with Crippen LogP contribution in [0.2, 0.25) is 0 Å². The molecule has 140 valence electrons. The van der Waals surface area contributed by atoms with Gasteiger partial charge in [0.2, 0.25) is 5.88 Å². The maximum Gasteiger partial charge on any atom is 0.213 e. The number of phenols is 1. The van der Waals surface area contributed by atoms with Gasteiger partial charge < -0.3 is 15.2 Å². The lowest BCUT2D eigenvalue weighted by Gasteiger charge is -2.20. The van der Waals surface area contributed by atoms with Crippen molar-refractivity contribution in [3.05, 3.63) is 54.1 Å². The van der Waals surface area contributed by atoms with Crippen LogP contribution in [0.25, 0.3) is 11.3 Å². The van der Waals surface area contributed by atoms with E-state index in [9.17, 15) is 5.11 Å². The van der Waals surface area contributed by atoms with E-state index in [1.165, 1.54) is 19.3 Å². The van der Waals surface area contributed by atoms with E-state index < -0.39 is 0 Å². The average molecular weight is 362 g/mol. The Morgan fingerprint density at radius 1 is 1.22 bits per heavy atom. The van der Waals surface area contributed by atoms with Crippen molar-refractivity contribution in [3.8, 4) is 22.9 Å². The first-order chi connectivity index (χ1) is 13.2. The van der Waals surface area contributed by atoms with Crippen molar-refractivity contribution >= 4 is 0 Å². The van der Waals surface area contributed by atoms with Crippen LogP contribution < -0.4 is 10.1 Å². The molecule has 2 aromatic rings. The highest BCUT2D eigenvalue weighted by Gasteiger charge is 2.62. The summed E-state index contributed by atoms with van der Waals surface area (Å²) in [5.74, 6) is 3.27. The van der Waals surface area contributed by atoms with Crippen LogP contribution in [-0.2, 0) is 6.54 Å². The highest BCUT2D eigenvalue weighted by Crippen LogP contribution is 2.69. The predicted molar refractivity (Wildman–Crippen MR) is 105 cm³/mol. The Morgan fingerprint density at radius 2 is 2.11 bits per heavy atom. The summed E-state index contributed by atoms with van der Waals surface area (Å²) in [6.07, 6.45) is 9.10. The predicted octanol–water partition coefficient (Wildman–Crippen LogP) is 4.15. The number of phenolic OH excluding ortho intramolecular Hbond substituents is 1. The molecule has 4 nitrogen and oxygen atoms in total. The van der Waals surface area contributed by atoms with Crippen LogP contribution in [0.1, 0.15) is 24.8 Å². The molecular weight excluding hydrogens is 336 g/mol. The highest BCUT2D eigenvalue weighted by molar-refractivity contribution is 5.62. The molecule has 1 spiro atoms. The van der Waals surface area contributed by atoms with E-state index in [1.807, 2.05) is 30.3 Å². The van der Waals surface area contributed by atoms with Crippen molar-refractivity contribution in [2.24, 2.45) is 23.2 Å². The molecule has 3 unspecified atom stereocenters. The van der Waals surface area contributed by atoms with E-state index >= 15 is 0 Å². The summed E-state index contributed by atoms with van der Waals surface area (Å²) in [6, 6.07) is 11.4. The zero-order valence-corrected chi connectivity index (χ0v) is 15.7. The van der Waals surface area contributed by atoms with E-state index in [2.05, 4.69) is 22.5 Å². The summed E-state index contributed by atoms with van der Waals surface area (Å²) in [4.78, 5) is 4.49. The van der Waals surface area contributed by atoms with Gasteiger partial charge in [-0.25, -0.2) is 4.98 Å². The summed E-state index contributed by atoms with van der Waals surface area (Å²) < 4.78 is 5.22. The number of ether oxygens (including phenoxy) is 1. The highest BCUT2D eigenvalue weighted by atomic mass is 16.5. The number of aromatic hydroxyl groups is 1. The minimum absolute atomic E-state index is 0.334. The van der Waals surface area contributed by atoms with Gasteiger partial charge in [0.05, 0.1) is 12.8 Å². The third-order valence-electron chi connectivity index (χ3n) is 6.87. The first kappa shape index (κ1) is 16.8. The Kier molecular flexibility index (Phi) is 3.97. The normalized spacial score (nSPS) is 26.6.